The zero-order chi connectivity index (χ0) is 7.78. The Balaban J connectivity index is 2.69. The van der Waals surface area contributed by atoms with Crippen molar-refractivity contribution in [2.75, 3.05) is 6.54 Å². The van der Waals surface area contributed by atoms with E-state index in [9.17, 15) is 0 Å². The van der Waals surface area contributed by atoms with Crippen molar-refractivity contribution in [1.82, 2.24) is 4.90 Å². The maximum atomic E-state index is 8.64. The first-order valence-electron chi connectivity index (χ1n) is 3.74. The van der Waals surface area contributed by atoms with Crippen LogP contribution in [0.15, 0.2) is 0 Å². The molecule has 1 fully saturated rings. The van der Waals surface area contributed by atoms with Crippen molar-refractivity contribution >= 4 is 0 Å². The molecule has 1 rings (SSSR count). The summed E-state index contributed by atoms with van der Waals surface area (Å²) in [4.78, 5) is 1.86. The summed E-state index contributed by atoms with van der Waals surface area (Å²) in [5, 5.41) is 8.64. The molecular formula is C8H14N2. The van der Waals surface area contributed by atoms with Crippen LogP contribution < -0.4 is 0 Å². The first kappa shape index (κ1) is 7.40. The van der Waals surface area contributed by atoms with Gasteiger partial charge in [-0.1, -0.05) is 13.8 Å². The standard InChI is InChI=1S/C8H14N2/c1-7-8(2,3)4-5-10(7)6-9/h7H,4-5H2,1-3H3. The fourth-order valence-electron chi connectivity index (χ4n) is 1.37. The smallest absolute Gasteiger partial charge is 0.179 e. The largest absolute Gasteiger partial charge is 0.307 e. The molecule has 0 N–H and O–H groups in total. The number of likely N-dealkylation sites (tertiary alicyclic amines) is 1. The van der Waals surface area contributed by atoms with E-state index in [0.29, 0.717) is 11.5 Å². The lowest BCUT2D eigenvalue weighted by Crippen LogP contribution is -2.30. The molecule has 0 aliphatic carbocycles. The number of rotatable bonds is 0. The number of nitriles is 1. The van der Waals surface area contributed by atoms with Crippen LogP contribution in [0.1, 0.15) is 27.2 Å². The highest BCUT2D eigenvalue weighted by molar-refractivity contribution is 4.95. The third kappa shape index (κ3) is 0.965. The minimum absolute atomic E-state index is 0.329. The van der Waals surface area contributed by atoms with Gasteiger partial charge in [-0.25, -0.2) is 0 Å². The summed E-state index contributed by atoms with van der Waals surface area (Å²) in [7, 11) is 0. The van der Waals surface area contributed by atoms with Gasteiger partial charge >= 0.3 is 0 Å². The number of hydrogen-bond donors (Lipinski definition) is 0. The van der Waals surface area contributed by atoms with Gasteiger partial charge in [-0.3, -0.25) is 0 Å². The van der Waals surface area contributed by atoms with Crippen LogP contribution in [0.25, 0.3) is 0 Å². The number of nitrogens with zero attached hydrogens (tertiary/aromatic N) is 2. The molecule has 0 bridgehead atoms. The van der Waals surface area contributed by atoms with Crippen LogP contribution in [0, 0.1) is 16.9 Å². The molecule has 1 aliphatic rings. The SMILES string of the molecule is CC1N(C#N)CCC1(C)C. The van der Waals surface area contributed by atoms with Crippen molar-refractivity contribution in [3.8, 4) is 6.19 Å². The molecule has 56 valence electrons. The first-order valence-corrected chi connectivity index (χ1v) is 3.74. The van der Waals surface area contributed by atoms with Crippen LogP contribution in [0.2, 0.25) is 0 Å². The van der Waals surface area contributed by atoms with E-state index < -0.39 is 0 Å². The molecule has 0 aromatic rings. The Kier molecular flexibility index (Phi) is 1.60. The van der Waals surface area contributed by atoms with Crippen molar-refractivity contribution < 1.29 is 0 Å². The van der Waals surface area contributed by atoms with Gasteiger partial charge < -0.3 is 4.90 Å². The molecule has 2 heteroatoms. The molecule has 1 aliphatic heterocycles. The Bertz CT molecular complexity index is 167. The summed E-state index contributed by atoms with van der Waals surface area (Å²) in [5.74, 6) is 0. The molecule has 1 saturated heterocycles. The lowest BCUT2D eigenvalue weighted by atomic mass is 9.86. The molecule has 1 unspecified atom stereocenters. The predicted octanol–water partition coefficient (Wildman–Crippen LogP) is 1.59. The van der Waals surface area contributed by atoms with Gasteiger partial charge in [0.2, 0.25) is 0 Å². The topological polar surface area (TPSA) is 27.0 Å². The highest BCUT2D eigenvalue weighted by atomic mass is 15.2. The summed E-state index contributed by atoms with van der Waals surface area (Å²) < 4.78 is 0. The third-order valence-electron chi connectivity index (χ3n) is 2.72. The molecule has 1 heterocycles. The maximum Gasteiger partial charge on any atom is 0.179 e. The molecule has 0 aromatic carbocycles. The van der Waals surface area contributed by atoms with Crippen LogP contribution >= 0.6 is 0 Å². The first-order chi connectivity index (χ1) is 4.58. The Hall–Kier alpha value is -0.710. The quantitative estimate of drug-likeness (QED) is 0.475. The van der Waals surface area contributed by atoms with Crippen LogP contribution in [0.3, 0.4) is 0 Å². The summed E-state index contributed by atoms with van der Waals surface area (Å²) >= 11 is 0. The number of hydrogen-bond acceptors (Lipinski definition) is 2. The zero-order valence-electron chi connectivity index (χ0n) is 6.89. The zero-order valence-corrected chi connectivity index (χ0v) is 6.89. The van der Waals surface area contributed by atoms with Crippen molar-refractivity contribution in [2.45, 2.75) is 33.2 Å². The third-order valence-corrected chi connectivity index (χ3v) is 2.72. The second kappa shape index (κ2) is 2.16. The van der Waals surface area contributed by atoms with E-state index in [2.05, 4.69) is 27.0 Å². The molecule has 10 heavy (non-hydrogen) atoms. The average Bonchev–Trinajstić information content (AvgIpc) is 2.10. The Morgan fingerprint density at radius 3 is 2.40 bits per heavy atom. The maximum absolute atomic E-state index is 8.64. The Morgan fingerprint density at radius 1 is 1.60 bits per heavy atom. The minimum Gasteiger partial charge on any atom is -0.307 e. The van der Waals surface area contributed by atoms with Gasteiger partial charge in [0.25, 0.3) is 0 Å². The Labute approximate surface area is 62.4 Å². The summed E-state index contributed by atoms with van der Waals surface area (Å²) in [5.41, 5.74) is 0.329. The molecule has 0 spiro atoms. The highest BCUT2D eigenvalue weighted by Gasteiger charge is 2.36. The van der Waals surface area contributed by atoms with Gasteiger partial charge in [0, 0.05) is 12.6 Å². The van der Waals surface area contributed by atoms with E-state index in [1.165, 1.54) is 0 Å². The molecular weight excluding hydrogens is 124 g/mol. The second-order valence-corrected chi connectivity index (χ2v) is 3.71. The van der Waals surface area contributed by atoms with Crippen LogP contribution in [0.5, 0.6) is 0 Å². The average molecular weight is 138 g/mol. The van der Waals surface area contributed by atoms with E-state index in [1.54, 1.807) is 0 Å². The summed E-state index contributed by atoms with van der Waals surface area (Å²) in [6.07, 6.45) is 3.34. The van der Waals surface area contributed by atoms with E-state index in [0.717, 1.165) is 13.0 Å². The van der Waals surface area contributed by atoms with Crippen molar-refractivity contribution in [3.63, 3.8) is 0 Å². The van der Waals surface area contributed by atoms with Crippen molar-refractivity contribution in [2.24, 2.45) is 5.41 Å². The van der Waals surface area contributed by atoms with Gasteiger partial charge in [-0.05, 0) is 18.8 Å². The van der Waals surface area contributed by atoms with Crippen LogP contribution in [0.4, 0.5) is 0 Å². The minimum atomic E-state index is 0.329. The van der Waals surface area contributed by atoms with E-state index in [-0.39, 0.29) is 0 Å². The predicted molar refractivity (Wildman–Crippen MR) is 40.2 cm³/mol. The van der Waals surface area contributed by atoms with E-state index in [4.69, 9.17) is 5.26 Å². The van der Waals surface area contributed by atoms with Gasteiger partial charge in [-0.2, -0.15) is 5.26 Å². The molecule has 0 saturated carbocycles. The molecule has 0 radical (unpaired) electrons. The van der Waals surface area contributed by atoms with Gasteiger partial charge in [0.15, 0.2) is 6.19 Å². The van der Waals surface area contributed by atoms with Gasteiger partial charge in [-0.15, -0.1) is 0 Å². The monoisotopic (exact) mass is 138 g/mol. The van der Waals surface area contributed by atoms with E-state index >= 15 is 0 Å². The fraction of sp³-hybridized carbons (Fsp3) is 0.875. The lowest BCUT2D eigenvalue weighted by Gasteiger charge is -2.25. The molecule has 2 nitrogen and oxygen atoms in total. The fourth-order valence-corrected chi connectivity index (χ4v) is 1.37. The van der Waals surface area contributed by atoms with Crippen LogP contribution in [-0.4, -0.2) is 17.5 Å². The molecule has 0 aromatic heterocycles. The summed E-state index contributed by atoms with van der Waals surface area (Å²) in [6.45, 7) is 7.49. The van der Waals surface area contributed by atoms with Crippen molar-refractivity contribution in [3.05, 3.63) is 0 Å². The molecule has 0 amide bonds. The van der Waals surface area contributed by atoms with Crippen molar-refractivity contribution in [1.29, 1.82) is 5.26 Å². The normalized spacial score (nSPS) is 30.2. The van der Waals surface area contributed by atoms with E-state index in [1.807, 2.05) is 4.90 Å². The molecule has 1 atom stereocenters. The van der Waals surface area contributed by atoms with Gasteiger partial charge in [0.05, 0.1) is 0 Å². The lowest BCUT2D eigenvalue weighted by molar-refractivity contribution is 0.259. The highest BCUT2D eigenvalue weighted by Crippen LogP contribution is 2.34. The van der Waals surface area contributed by atoms with Crippen LogP contribution in [-0.2, 0) is 0 Å². The summed E-state index contributed by atoms with van der Waals surface area (Å²) in [6, 6.07) is 0.414. The second-order valence-electron chi connectivity index (χ2n) is 3.71. The Morgan fingerprint density at radius 2 is 2.20 bits per heavy atom. The van der Waals surface area contributed by atoms with Gasteiger partial charge in [0.1, 0.15) is 0 Å².